The van der Waals surface area contributed by atoms with Gasteiger partial charge in [0, 0.05) is 180 Å². The number of nitrogens with one attached hydrogen (secondary N) is 6. The molecular formula is C76H67N13O4. The van der Waals surface area contributed by atoms with E-state index in [2.05, 4.69) is 67.6 Å². The van der Waals surface area contributed by atoms with Gasteiger partial charge >= 0.3 is 0 Å². The molecule has 10 aromatic rings. The second-order valence-electron chi connectivity index (χ2n) is 24.0. The van der Waals surface area contributed by atoms with Crippen LogP contribution in [0.2, 0.25) is 0 Å². The molecule has 14 bridgehead atoms. The van der Waals surface area contributed by atoms with Crippen molar-refractivity contribution in [1.82, 2.24) is 44.2 Å². The van der Waals surface area contributed by atoms with E-state index in [0.717, 1.165) is 50.2 Å². The molecule has 93 heavy (non-hydrogen) atoms. The van der Waals surface area contributed by atoms with Gasteiger partial charge in [-0.2, -0.15) is 0 Å². The minimum absolute atomic E-state index is 0.121. The van der Waals surface area contributed by atoms with Crippen molar-refractivity contribution in [3.63, 3.8) is 0 Å². The molecule has 0 spiro atoms. The minimum atomic E-state index is -0.295. The zero-order valence-electron chi connectivity index (χ0n) is 51.2. The van der Waals surface area contributed by atoms with Gasteiger partial charge in [-0.1, -0.05) is 115 Å². The Kier molecular flexibility index (Phi) is 16.1. The van der Waals surface area contributed by atoms with Crippen LogP contribution < -0.4 is 21.3 Å². The summed E-state index contributed by atoms with van der Waals surface area (Å²) in [5.74, 6) is -0.696. The van der Waals surface area contributed by atoms with E-state index >= 15 is 0 Å². The first-order valence-electron chi connectivity index (χ1n) is 31.8. The Labute approximate surface area is 537 Å². The fourth-order valence-electron chi connectivity index (χ4n) is 13.3. The summed E-state index contributed by atoms with van der Waals surface area (Å²) in [5, 5.41) is 13.3. The normalized spacial score (nSPS) is 17.4. The standard InChI is InChI=1S/C76H67N13O4/c90-69-33-36-86-39-41-87-37-34-70(91)83-57-22-9-5-18-53(57)73-62-27-25-60(78-62)72(52-17-4-8-21-56(52)82-69)61-26-28-63(79-61)74(54-19-6-10-23-58(54)84-71(92)35-38-88(42-40-86)44-43-87)65-30-32-67(81-65)75(66-31-29-64(73)80-66)55-20-7-11-24-59(55)85-76(93)51-16-12-13-49(45-51)47-89-48-77-46-68(89)50-14-2-1-3-15-50/h1-32,45-46,48,78,81H,33-44,47H2,(H,82,90)(H,83,91)(H,84,92)(H,85,93). The molecule has 460 valence electrons. The summed E-state index contributed by atoms with van der Waals surface area (Å²) in [5.41, 5.74) is 16.9. The molecular weight excluding hydrogens is 1160 g/mol. The maximum Gasteiger partial charge on any atom is 0.255 e. The smallest absolute Gasteiger partial charge is 0.255 e. The Bertz CT molecular complexity index is 4760. The van der Waals surface area contributed by atoms with E-state index in [1.165, 1.54) is 0 Å². The van der Waals surface area contributed by atoms with Gasteiger partial charge in [0.15, 0.2) is 0 Å². The lowest BCUT2D eigenvalue weighted by atomic mass is 10.0. The first-order valence-corrected chi connectivity index (χ1v) is 31.8. The largest absolute Gasteiger partial charge is 0.354 e. The summed E-state index contributed by atoms with van der Waals surface area (Å²) in [7, 11) is 0. The lowest BCUT2D eigenvalue weighted by Gasteiger charge is -2.25. The van der Waals surface area contributed by atoms with Gasteiger partial charge in [-0.05, 0) is 96.1 Å². The molecule has 5 aliphatic rings. The first-order chi connectivity index (χ1) is 45.7. The summed E-state index contributed by atoms with van der Waals surface area (Å²) in [6, 6.07) is 57.2. The average molecular weight is 1230 g/mol. The number of aromatic nitrogens is 6. The van der Waals surface area contributed by atoms with Gasteiger partial charge in [-0.15, -0.1) is 0 Å². The summed E-state index contributed by atoms with van der Waals surface area (Å²) in [6.07, 6.45) is 12.4. The molecule has 1 saturated heterocycles. The van der Waals surface area contributed by atoms with Crippen LogP contribution >= 0.6 is 0 Å². The molecule has 0 aliphatic carbocycles. The van der Waals surface area contributed by atoms with Crippen LogP contribution in [0.5, 0.6) is 0 Å². The van der Waals surface area contributed by atoms with Crippen LogP contribution in [0.15, 0.2) is 188 Å². The van der Waals surface area contributed by atoms with Gasteiger partial charge in [0.1, 0.15) is 0 Å². The molecule has 6 aromatic carbocycles. The summed E-state index contributed by atoms with van der Waals surface area (Å²) < 4.78 is 2.08. The van der Waals surface area contributed by atoms with Gasteiger partial charge in [-0.3, -0.25) is 19.2 Å². The van der Waals surface area contributed by atoms with E-state index in [1.807, 2.05) is 201 Å². The van der Waals surface area contributed by atoms with Crippen LogP contribution in [0.25, 0.3) is 102 Å². The topological polar surface area (TPSA) is 201 Å². The van der Waals surface area contributed by atoms with E-state index in [9.17, 15) is 19.2 Å². The van der Waals surface area contributed by atoms with E-state index < -0.39 is 0 Å². The second kappa shape index (κ2) is 25.6. The number of benzene rings is 6. The number of anilines is 4. The molecule has 6 N–H and O–H groups in total. The zero-order valence-corrected chi connectivity index (χ0v) is 51.2. The number of aromatic amines is 2. The highest BCUT2D eigenvalue weighted by molar-refractivity contribution is 6.10. The van der Waals surface area contributed by atoms with Crippen LogP contribution in [0.3, 0.4) is 0 Å². The molecule has 4 amide bonds. The van der Waals surface area contributed by atoms with Crippen molar-refractivity contribution in [2.24, 2.45) is 0 Å². The molecule has 17 nitrogen and oxygen atoms in total. The van der Waals surface area contributed by atoms with Crippen LogP contribution in [0, 0.1) is 0 Å². The molecule has 0 saturated carbocycles. The number of hydrogen-bond donors (Lipinski definition) is 6. The molecule has 5 aliphatic heterocycles. The number of nitrogens with zero attached hydrogens (tertiary/aromatic N) is 7. The van der Waals surface area contributed by atoms with E-state index in [0.29, 0.717) is 150 Å². The minimum Gasteiger partial charge on any atom is -0.354 e. The quantitative estimate of drug-likeness (QED) is 0.0930. The van der Waals surface area contributed by atoms with Crippen LogP contribution in [-0.2, 0) is 20.9 Å². The molecule has 1 fully saturated rings. The van der Waals surface area contributed by atoms with Crippen molar-refractivity contribution in [3.8, 4) is 55.8 Å². The number of hydrogen-bond acceptors (Lipinski definition) is 10. The molecule has 4 aromatic heterocycles. The number of amides is 4. The lowest BCUT2D eigenvalue weighted by Crippen LogP contribution is -2.38. The van der Waals surface area contributed by atoms with Crippen LogP contribution in [0.1, 0.15) is 58.0 Å². The van der Waals surface area contributed by atoms with Crippen molar-refractivity contribution in [3.05, 3.63) is 222 Å². The van der Waals surface area contributed by atoms with Crippen molar-refractivity contribution >= 4 is 92.7 Å². The van der Waals surface area contributed by atoms with E-state index in [1.54, 1.807) is 0 Å². The van der Waals surface area contributed by atoms with Gasteiger partial charge < -0.3 is 50.5 Å². The number of carbonyl (C=O) groups excluding carboxylic acids is 4. The fourth-order valence-corrected chi connectivity index (χ4v) is 13.3. The Morgan fingerprint density at radius 3 is 1.30 bits per heavy atom. The second-order valence-corrected chi connectivity index (χ2v) is 24.0. The van der Waals surface area contributed by atoms with E-state index in [4.69, 9.17) is 9.97 Å². The van der Waals surface area contributed by atoms with Crippen molar-refractivity contribution in [2.75, 3.05) is 80.2 Å². The Balaban J connectivity index is 0.974. The lowest BCUT2D eigenvalue weighted by molar-refractivity contribution is -0.117. The molecule has 15 rings (SSSR count). The Hall–Kier alpha value is -11.1. The number of imidazole rings is 1. The highest BCUT2D eigenvalue weighted by atomic mass is 16.2. The third-order valence-corrected chi connectivity index (χ3v) is 18.1. The number of carbonyl (C=O) groups is 4. The molecule has 17 heteroatoms. The summed E-state index contributed by atoms with van der Waals surface area (Å²) in [4.78, 5) is 88.8. The maximum atomic E-state index is 14.8. The number of H-pyrrole nitrogens is 2. The fraction of sp³-hybridized carbons (Fsp3) is 0.171. The maximum absolute atomic E-state index is 14.8. The molecule has 3 atom stereocenters. The predicted octanol–water partition coefficient (Wildman–Crippen LogP) is 13.4. The first kappa shape index (κ1) is 58.3. The van der Waals surface area contributed by atoms with E-state index in [-0.39, 0.29) is 42.9 Å². The third kappa shape index (κ3) is 12.2. The summed E-state index contributed by atoms with van der Waals surface area (Å²) >= 11 is 0. The van der Waals surface area contributed by atoms with Crippen molar-refractivity contribution in [2.45, 2.75) is 25.8 Å². The highest BCUT2D eigenvalue weighted by Crippen LogP contribution is 2.43. The highest BCUT2D eigenvalue weighted by Gasteiger charge is 2.26. The summed E-state index contributed by atoms with van der Waals surface area (Å²) in [6.45, 7) is 6.18. The molecule has 3 unspecified atom stereocenters. The van der Waals surface area contributed by atoms with Gasteiger partial charge in [-0.25, -0.2) is 15.0 Å². The number of para-hydroxylation sites is 4. The van der Waals surface area contributed by atoms with Gasteiger partial charge in [0.25, 0.3) is 5.91 Å². The SMILES string of the molecule is O=C1CCN2CCN3CCC(=O)Nc4ccccc4-c4c5nc(c(-c6ccccc6NC(=O)c6cccc(Cn7cncc7-c7ccccc7)c6)c6ccc([nH]6)c(c6nc(c(c7ccc4[nH]7)-c4ccccc4N1)C=C6)-c1ccccc1NC(=O)CCN(CC2)CC3)C=C5. The third-order valence-electron chi connectivity index (χ3n) is 18.1. The van der Waals surface area contributed by atoms with Gasteiger partial charge in [0.2, 0.25) is 17.7 Å². The average Bonchev–Trinajstić information content (AvgIpc) is 1.65. The van der Waals surface area contributed by atoms with Crippen LogP contribution in [-0.4, -0.2) is 127 Å². The van der Waals surface area contributed by atoms with Crippen LogP contribution in [0.4, 0.5) is 22.7 Å². The monoisotopic (exact) mass is 1230 g/mol. The number of fused-ring (bicyclic) bond motifs is 17. The van der Waals surface area contributed by atoms with Gasteiger partial charge in [0.05, 0.1) is 41.0 Å². The molecule has 9 heterocycles. The number of rotatable bonds is 6. The molecule has 0 radical (unpaired) electrons. The van der Waals surface area contributed by atoms with Crippen molar-refractivity contribution in [1.29, 1.82) is 0 Å². The van der Waals surface area contributed by atoms with Crippen molar-refractivity contribution < 1.29 is 19.2 Å². The zero-order chi connectivity index (χ0) is 62.8. The Morgan fingerprint density at radius 2 is 0.839 bits per heavy atom. The predicted molar refractivity (Wildman–Crippen MR) is 371 cm³/mol. The Morgan fingerprint density at radius 1 is 0.430 bits per heavy atom.